The highest BCUT2D eigenvalue weighted by molar-refractivity contribution is 5.91. The standard InChI is InChI=1S/C15H27NO/c1-3-4-5-6-7-8-9-10-14-12-15(17)11-13(2)16-14/h11,14,16H,3-10,12H2,1-2H3/t14-/m0/s1. The molecule has 0 aromatic rings. The molecule has 0 saturated heterocycles. The van der Waals surface area contributed by atoms with Crippen LogP contribution in [0, 0.1) is 0 Å². The highest BCUT2D eigenvalue weighted by atomic mass is 16.1. The van der Waals surface area contributed by atoms with Crippen LogP contribution in [-0.2, 0) is 4.79 Å². The third-order valence-electron chi connectivity index (χ3n) is 3.41. The molecule has 0 spiro atoms. The van der Waals surface area contributed by atoms with Gasteiger partial charge in [0.2, 0.25) is 0 Å². The number of carbonyl (C=O) groups excluding carboxylic acids is 1. The van der Waals surface area contributed by atoms with Gasteiger partial charge in [-0.3, -0.25) is 4.79 Å². The number of hydrogen-bond donors (Lipinski definition) is 1. The first-order chi connectivity index (χ1) is 8.22. The van der Waals surface area contributed by atoms with Crippen LogP contribution in [0.2, 0.25) is 0 Å². The molecular formula is C15H27NO. The molecule has 0 fully saturated rings. The SMILES string of the molecule is CCCCCCCCC[C@H]1CC(=O)C=C(C)N1. The maximum absolute atomic E-state index is 11.4. The Morgan fingerprint density at radius 1 is 1.18 bits per heavy atom. The first-order valence-corrected chi connectivity index (χ1v) is 7.20. The Bertz CT molecular complexity index is 258. The molecule has 0 amide bonds. The zero-order valence-electron chi connectivity index (χ0n) is 11.4. The molecule has 0 saturated carbocycles. The van der Waals surface area contributed by atoms with E-state index >= 15 is 0 Å². The molecule has 2 heteroatoms. The predicted molar refractivity (Wildman–Crippen MR) is 72.9 cm³/mol. The van der Waals surface area contributed by atoms with Crippen LogP contribution in [-0.4, -0.2) is 11.8 Å². The van der Waals surface area contributed by atoms with Crippen molar-refractivity contribution in [2.75, 3.05) is 0 Å². The lowest BCUT2D eigenvalue weighted by molar-refractivity contribution is -0.115. The Morgan fingerprint density at radius 2 is 1.82 bits per heavy atom. The lowest BCUT2D eigenvalue weighted by Gasteiger charge is -2.23. The summed E-state index contributed by atoms with van der Waals surface area (Å²) < 4.78 is 0. The minimum Gasteiger partial charge on any atom is -0.385 e. The third kappa shape index (κ3) is 6.50. The van der Waals surface area contributed by atoms with Gasteiger partial charge < -0.3 is 5.32 Å². The van der Waals surface area contributed by atoms with Crippen molar-refractivity contribution >= 4 is 5.78 Å². The van der Waals surface area contributed by atoms with Gasteiger partial charge in [-0.1, -0.05) is 51.9 Å². The number of unbranched alkanes of at least 4 members (excludes halogenated alkanes) is 6. The van der Waals surface area contributed by atoms with Crippen LogP contribution in [0.15, 0.2) is 11.8 Å². The molecule has 0 radical (unpaired) electrons. The zero-order valence-corrected chi connectivity index (χ0v) is 11.4. The Hall–Kier alpha value is -0.790. The molecule has 0 aromatic heterocycles. The van der Waals surface area contributed by atoms with Gasteiger partial charge in [-0.2, -0.15) is 0 Å². The molecular weight excluding hydrogens is 210 g/mol. The van der Waals surface area contributed by atoms with Gasteiger partial charge in [0, 0.05) is 18.2 Å². The molecule has 2 nitrogen and oxygen atoms in total. The van der Waals surface area contributed by atoms with Crippen molar-refractivity contribution in [2.24, 2.45) is 0 Å². The summed E-state index contributed by atoms with van der Waals surface area (Å²) in [5.41, 5.74) is 1.04. The van der Waals surface area contributed by atoms with Crippen molar-refractivity contribution in [1.82, 2.24) is 5.32 Å². The summed E-state index contributed by atoms with van der Waals surface area (Å²) in [6, 6.07) is 0.392. The molecule has 1 N–H and O–H groups in total. The van der Waals surface area contributed by atoms with Crippen molar-refractivity contribution in [3.63, 3.8) is 0 Å². The normalized spacial score (nSPS) is 20.0. The van der Waals surface area contributed by atoms with E-state index in [4.69, 9.17) is 0 Å². The van der Waals surface area contributed by atoms with Gasteiger partial charge in [-0.15, -0.1) is 0 Å². The molecule has 0 bridgehead atoms. The van der Waals surface area contributed by atoms with Crippen molar-refractivity contribution in [2.45, 2.75) is 77.7 Å². The summed E-state index contributed by atoms with van der Waals surface area (Å²) in [6.07, 6.45) is 12.9. The maximum Gasteiger partial charge on any atom is 0.159 e. The van der Waals surface area contributed by atoms with Crippen LogP contribution in [0.3, 0.4) is 0 Å². The van der Waals surface area contributed by atoms with Gasteiger partial charge in [0.1, 0.15) is 0 Å². The predicted octanol–water partition coefficient (Wildman–Crippen LogP) is 3.96. The molecule has 1 rings (SSSR count). The minimum absolute atomic E-state index is 0.286. The van der Waals surface area contributed by atoms with Gasteiger partial charge in [-0.25, -0.2) is 0 Å². The highest BCUT2D eigenvalue weighted by Crippen LogP contribution is 2.14. The quantitative estimate of drug-likeness (QED) is 0.647. The van der Waals surface area contributed by atoms with Crippen LogP contribution in [0.4, 0.5) is 0 Å². The minimum atomic E-state index is 0.286. The third-order valence-corrected chi connectivity index (χ3v) is 3.41. The fraction of sp³-hybridized carbons (Fsp3) is 0.800. The molecule has 1 aliphatic rings. The van der Waals surface area contributed by atoms with Gasteiger partial charge >= 0.3 is 0 Å². The topological polar surface area (TPSA) is 29.1 Å². The van der Waals surface area contributed by atoms with E-state index in [0.29, 0.717) is 12.5 Å². The van der Waals surface area contributed by atoms with E-state index in [1.165, 1.54) is 44.9 Å². The van der Waals surface area contributed by atoms with E-state index in [2.05, 4.69) is 12.2 Å². The summed E-state index contributed by atoms with van der Waals surface area (Å²) >= 11 is 0. The average molecular weight is 237 g/mol. The molecule has 1 aliphatic heterocycles. The molecule has 1 atom stereocenters. The van der Waals surface area contributed by atoms with Crippen LogP contribution in [0.1, 0.15) is 71.6 Å². The lowest BCUT2D eigenvalue weighted by Crippen LogP contribution is -2.33. The number of rotatable bonds is 8. The van der Waals surface area contributed by atoms with Crippen molar-refractivity contribution in [1.29, 1.82) is 0 Å². The van der Waals surface area contributed by atoms with Gasteiger partial charge in [0.15, 0.2) is 5.78 Å². The smallest absolute Gasteiger partial charge is 0.159 e. The van der Waals surface area contributed by atoms with E-state index in [1.807, 2.05) is 6.92 Å². The van der Waals surface area contributed by atoms with Crippen LogP contribution >= 0.6 is 0 Å². The second-order valence-corrected chi connectivity index (χ2v) is 5.25. The second kappa shape index (κ2) is 8.32. The molecule has 1 heterocycles. The summed E-state index contributed by atoms with van der Waals surface area (Å²) in [7, 11) is 0. The average Bonchev–Trinajstić information content (AvgIpc) is 2.26. The zero-order chi connectivity index (χ0) is 12.5. The molecule has 0 aromatic carbocycles. The molecule has 17 heavy (non-hydrogen) atoms. The van der Waals surface area contributed by atoms with Gasteiger partial charge in [0.25, 0.3) is 0 Å². The lowest BCUT2D eigenvalue weighted by atomic mass is 9.98. The molecule has 0 unspecified atom stereocenters. The first kappa shape index (κ1) is 14.3. The summed E-state index contributed by atoms with van der Waals surface area (Å²) in [5, 5.41) is 3.40. The van der Waals surface area contributed by atoms with E-state index in [1.54, 1.807) is 6.08 Å². The van der Waals surface area contributed by atoms with Crippen LogP contribution < -0.4 is 5.32 Å². The summed E-state index contributed by atoms with van der Waals surface area (Å²) in [6.45, 7) is 4.23. The number of nitrogens with one attached hydrogen (secondary N) is 1. The summed E-state index contributed by atoms with van der Waals surface area (Å²) in [5.74, 6) is 0.286. The van der Waals surface area contributed by atoms with Crippen LogP contribution in [0.25, 0.3) is 0 Å². The van der Waals surface area contributed by atoms with E-state index in [9.17, 15) is 4.79 Å². The van der Waals surface area contributed by atoms with Crippen molar-refractivity contribution in [3.8, 4) is 0 Å². The molecule has 0 aliphatic carbocycles. The van der Waals surface area contributed by atoms with Crippen molar-refractivity contribution < 1.29 is 4.79 Å². The second-order valence-electron chi connectivity index (χ2n) is 5.25. The summed E-state index contributed by atoms with van der Waals surface area (Å²) in [4.78, 5) is 11.4. The van der Waals surface area contributed by atoms with E-state index < -0.39 is 0 Å². The Balaban J connectivity index is 2.00. The van der Waals surface area contributed by atoms with E-state index in [-0.39, 0.29) is 5.78 Å². The number of allylic oxidation sites excluding steroid dienone is 2. The molecule has 98 valence electrons. The number of carbonyl (C=O) groups is 1. The fourth-order valence-corrected chi connectivity index (χ4v) is 2.48. The largest absolute Gasteiger partial charge is 0.385 e. The van der Waals surface area contributed by atoms with Crippen molar-refractivity contribution in [3.05, 3.63) is 11.8 Å². The highest BCUT2D eigenvalue weighted by Gasteiger charge is 2.16. The number of ketones is 1. The Morgan fingerprint density at radius 3 is 2.47 bits per heavy atom. The monoisotopic (exact) mass is 237 g/mol. The Kier molecular flexibility index (Phi) is 6.99. The van der Waals surface area contributed by atoms with Gasteiger partial charge in [-0.05, 0) is 19.4 Å². The Labute approximate surface area is 106 Å². The van der Waals surface area contributed by atoms with Gasteiger partial charge in [0.05, 0.1) is 0 Å². The maximum atomic E-state index is 11.4. The fourth-order valence-electron chi connectivity index (χ4n) is 2.48. The van der Waals surface area contributed by atoms with E-state index in [0.717, 1.165) is 12.1 Å². The first-order valence-electron chi connectivity index (χ1n) is 7.20. The van der Waals surface area contributed by atoms with Crippen LogP contribution in [0.5, 0.6) is 0 Å². The number of hydrogen-bond acceptors (Lipinski definition) is 2.